The van der Waals surface area contributed by atoms with Gasteiger partial charge in [-0.1, -0.05) is 30.3 Å². The number of anilines is 1. The van der Waals surface area contributed by atoms with Crippen molar-refractivity contribution in [2.75, 3.05) is 12.3 Å². The number of benzene rings is 1. The summed E-state index contributed by atoms with van der Waals surface area (Å²) >= 11 is 1.62. The van der Waals surface area contributed by atoms with Crippen LogP contribution in [0.1, 0.15) is 12.5 Å². The van der Waals surface area contributed by atoms with Crippen molar-refractivity contribution in [3.05, 3.63) is 42.0 Å². The molecule has 0 bridgehead atoms. The topological polar surface area (TPSA) is 35.2 Å². The van der Waals surface area contributed by atoms with Gasteiger partial charge in [0.05, 0.1) is 11.6 Å². The predicted octanol–water partition coefficient (Wildman–Crippen LogP) is 3.53. The maximum Gasteiger partial charge on any atom is 0.0918 e. The molecule has 0 radical (unpaired) electrons. The van der Waals surface area contributed by atoms with Gasteiger partial charge in [-0.15, -0.1) is 11.3 Å². The summed E-state index contributed by atoms with van der Waals surface area (Å²) in [6.45, 7) is 3.31. The largest absolute Gasteiger partial charge is 0.390 e. The van der Waals surface area contributed by atoms with E-state index in [1.165, 1.54) is 10.4 Å². The summed E-state index contributed by atoms with van der Waals surface area (Å²) in [5.41, 5.74) is 8.26. The van der Waals surface area contributed by atoms with Gasteiger partial charge in [-0.25, -0.2) is 0 Å². The highest BCUT2D eigenvalue weighted by atomic mass is 32.1. The molecule has 84 valence electrons. The number of hydrogen-bond acceptors (Lipinski definition) is 3. The Balaban J connectivity index is 2.24. The Morgan fingerprint density at radius 3 is 2.69 bits per heavy atom. The summed E-state index contributed by atoms with van der Waals surface area (Å²) in [6, 6.07) is 12.4. The number of nitrogen functional groups attached to an aromatic ring is 1. The number of ether oxygens (including phenoxy) is 1. The van der Waals surface area contributed by atoms with Crippen LogP contribution in [0.25, 0.3) is 10.4 Å². The highest BCUT2D eigenvalue weighted by molar-refractivity contribution is 7.19. The third-order valence-electron chi connectivity index (χ3n) is 2.36. The van der Waals surface area contributed by atoms with Crippen LogP contribution in [-0.2, 0) is 11.3 Å². The molecule has 1 aromatic heterocycles. The molecule has 1 aromatic carbocycles. The van der Waals surface area contributed by atoms with Crippen molar-refractivity contribution in [2.45, 2.75) is 13.5 Å². The SMILES string of the molecule is CCOCc1cc(-c2ccccc2)sc1N. The van der Waals surface area contributed by atoms with Gasteiger partial charge in [-0.05, 0) is 18.6 Å². The summed E-state index contributed by atoms with van der Waals surface area (Å²) in [4.78, 5) is 1.20. The van der Waals surface area contributed by atoms with Crippen LogP contribution in [0.2, 0.25) is 0 Å². The molecule has 2 aromatic rings. The quantitative estimate of drug-likeness (QED) is 0.876. The molecule has 0 saturated carbocycles. The van der Waals surface area contributed by atoms with Crippen LogP contribution in [0.4, 0.5) is 5.00 Å². The first-order chi connectivity index (χ1) is 7.81. The zero-order valence-electron chi connectivity index (χ0n) is 9.27. The van der Waals surface area contributed by atoms with E-state index in [9.17, 15) is 0 Å². The molecule has 2 rings (SSSR count). The van der Waals surface area contributed by atoms with Gasteiger partial charge in [-0.3, -0.25) is 0 Å². The standard InChI is InChI=1S/C13H15NOS/c1-2-15-9-11-8-12(16-13(11)14)10-6-4-3-5-7-10/h3-8H,2,9,14H2,1H3. The third-order valence-corrected chi connectivity index (χ3v) is 3.42. The van der Waals surface area contributed by atoms with Crippen LogP contribution < -0.4 is 5.73 Å². The average Bonchev–Trinajstić information content (AvgIpc) is 2.69. The average molecular weight is 233 g/mol. The smallest absolute Gasteiger partial charge is 0.0918 e. The molecule has 0 saturated heterocycles. The van der Waals surface area contributed by atoms with Crippen LogP contribution in [0.5, 0.6) is 0 Å². The van der Waals surface area contributed by atoms with Gasteiger partial charge in [0, 0.05) is 17.0 Å². The van der Waals surface area contributed by atoms with Crippen LogP contribution in [0.15, 0.2) is 36.4 Å². The van der Waals surface area contributed by atoms with Crippen molar-refractivity contribution in [2.24, 2.45) is 0 Å². The molecule has 0 aliphatic carbocycles. The van der Waals surface area contributed by atoms with E-state index >= 15 is 0 Å². The zero-order valence-corrected chi connectivity index (χ0v) is 10.1. The monoisotopic (exact) mass is 233 g/mol. The Bertz CT molecular complexity index is 450. The fourth-order valence-electron chi connectivity index (χ4n) is 1.51. The second-order valence-electron chi connectivity index (χ2n) is 3.50. The summed E-state index contributed by atoms with van der Waals surface area (Å²) in [6.07, 6.45) is 0. The van der Waals surface area contributed by atoms with Gasteiger partial charge in [0.1, 0.15) is 0 Å². The zero-order chi connectivity index (χ0) is 11.4. The third kappa shape index (κ3) is 2.43. The molecule has 0 amide bonds. The van der Waals surface area contributed by atoms with E-state index < -0.39 is 0 Å². The Morgan fingerprint density at radius 1 is 1.25 bits per heavy atom. The van der Waals surface area contributed by atoms with Crippen molar-refractivity contribution in [3.8, 4) is 10.4 Å². The molecular weight excluding hydrogens is 218 g/mol. The first-order valence-electron chi connectivity index (χ1n) is 5.32. The Morgan fingerprint density at radius 2 is 2.00 bits per heavy atom. The molecular formula is C13H15NOS. The maximum absolute atomic E-state index is 5.96. The van der Waals surface area contributed by atoms with E-state index in [4.69, 9.17) is 10.5 Å². The lowest BCUT2D eigenvalue weighted by Crippen LogP contribution is -1.93. The number of thiophene rings is 1. The number of nitrogens with two attached hydrogens (primary N) is 1. The Hall–Kier alpha value is -1.32. The normalized spacial score (nSPS) is 10.6. The summed E-state index contributed by atoms with van der Waals surface area (Å²) in [5.74, 6) is 0. The summed E-state index contributed by atoms with van der Waals surface area (Å²) in [7, 11) is 0. The van der Waals surface area contributed by atoms with Crippen molar-refractivity contribution in [1.82, 2.24) is 0 Å². The fraction of sp³-hybridized carbons (Fsp3) is 0.231. The van der Waals surface area contributed by atoms with E-state index in [2.05, 4.69) is 18.2 Å². The first-order valence-corrected chi connectivity index (χ1v) is 6.14. The van der Waals surface area contributed by atoms with E-state index in [1.807, 2.05) is 25.1 Å². The minimum Gasteiger partial charge on any atom is -0.390 e. The van der Waals surface area contributed by atoms with Crippen molar-refractivity contribution in [3.63, 3.8) is 0 Å². The van der Waals surface area contributed by atoms with Crippen molar-refractivity contribution < 1.29 is 4.74 Å². The van der Waals surface area contributed by atoms with Crippen molar-refractivity contribution >= 4 is 16.3 Å². The van der Waals surface area contributed by atoms with Crippen LogP contribution >= 0.6 is 11.3 Å². The molecule has 0 spiro atoms. The molecule has 2 nitrogen and oxygen atoms in total. The van der Waals surface area contributed by atoms with Crippen LogP contribution in [0, 0.1) is 0 Å². The van der Waals surface area contributed by atoms with Gasteiger partial charge in [0.25, 0.3) is 0 Å². The number of rotatable bonds is 4. The lowest BCUT2D eigenvalue weighted by atomic mass is 10.2. The number of hydrogen-bond donors (Lipinski definition) is 1. The molecule has 2 N–H and O–H groups in total. The van der Waals surface area contributed by atoms with Gasteiger partial charge in [0.15, 0.2) is 0 Å². The highest BCUT2D eigenvalue weighted by Gasteiger charge is 2.07. The van der Waals surface area contributed by atoms with Gasteiger partial charge >= 0.3 is 0 Å². The summed E-state index contributed by atoms with van der Waals surface area (Å²) < 4.78 is 5.38. The molecule has 3 heteroatoms. The summed E-state index contributed by atoms with van der Waals surface area (Å²) in [5, 5.41) is 0.854. The molecule has 0 fully saturated rings. The lowest BCUT2D eigenvalue weighted by Gasteiger charge is -1.98. The molecule has 0 unspecified atom stereocenters. The van der Waals surface area contributed by atoms with Gasteiger partial charge in [0.2, 0.25) is 0 Å². The minimum atomic E-state index is 0.603. The van der Waals surface area contributed by atoms with E-state index in [-0.39, 0.29) is 0 Å². The van der Waals surface area contributed by atoms with E-state index in [1.54, 1.807) is 11.3 Å². The van der Waals surface area contributed by atoms with Crippen LogP contribution in [0.3, 0.4) is 0 Å². The van der Waals surface area contributed by atoms with Crippen LogP contribution in [-0.4, -0.2) is 6.61 Å². The lowest BCUT2D eigenvalue weighted by molar-refractivity contribution is 0.135. The van der Waals surface area contributed by atoms with E-state index in [0.29, 0.717) is 6.61 Å². The predicted molar refractivity (Wildman–Crippen MR) is 69.5 cm³/mol. The Kier molecular flexibility index (Phi) is 3.59. The molecule has 16 heavy (non-hydrogen) atoms. The van der Waals surface area contributed by atoms with E-state index in [0.717, 1.165) is 17.2 Å². The van der Waals surface area contributed by atoms with Gasteiger partial charge < -0.3 is 10.5 Å². The van der Waals surface area contributed by atoms with Gasteiger partial charge in [-0.2, -0.15) is 0 Å². The molecule has 0 aliphatic rings. The van der Waals surface area contributed by atoms with Crippen molar-refractivity contribution in [1.29, 1.82) is 0 Å². The molecule has 0 atom stereocenters. The minimum absolute atomic E-state index is 0.603. The molecule has 1 heterocycles. The second kappa shape index (κ2) is 5.14. The second-order valence-corrected chi connectivity index (χ2v) is 4.59. The highest BCUT2D eigenvalue weighted by Crippen LogP contribution is 2.33. The first kappa shape index (κ1) is 11.2. The fourth-order valence-corrected chi connectivity index (χ4v) is 2.45. The molecule has 0 aliphatic heterocycles. The maximum atomic E-state index is 5.96. The Labute approximate surface area is 99.7 Å².